The molecule has 112 valence electrons. The molecule has 0 fully saturated rings. The van der Waals surface area contributed by atoms with Crippen molar-refractivity contribution in [2.24, 2.45) is 5.73 Å². The van der Waals surface area contributed by atoms with E-state index in [0.717, 1.165) is 19.5 Å². The van der Waals surface area contributed by atoms with Gasteiger partial charge in [0.15, 0.2) is 0 Å². The minimum Gasteiger partial charge on any atom is -0.372 e. The van der Waals surface area contributed by atoms with E-state index in [1.165, 1.54) is 17.3 Å². The number of aryl methyl sites for hydroxylation is 1. The van der Waals surface area contributed by atoms with Crippen LogP contribution in [0.1, 0.15) is 30.5 Å². The molecule has 2 N–H and O–H groups in total. The van der Waals surface area contributed by atoms with Gasteiger partial charge in [-0.2, -0.15) is 0 Å². The van der Waals surface area contributed by atoms with Gasteiger partial charge in [-0.3, -0.25) is 0 Å². The summed E-state index contributed by atoms with van der Waals surface area (Å²) >= 11 is 0. The lowest BCUT2D eigenvalue weighted by Gasteiger charge is -2.25. The van der Waals surface area contributed by atoms with E-state index in [1.54, 1.807) is 12.1 Å². The molecule has 21 heavy (non-hydrogen) atoms. The fraction of sp³-hybridized carbons (Fsp3) is 0.333. The average molecular weight is 286 g/mol. The summed E-state index contributed by atoms with van der Waals surface area (Å²) in [6.45, 7) is 5.92. The number of hydrogen-bond acceptors (Lipinski definition) is 2. The van der Waals surface area contributed by atoms with Crippen molar-refractivity contribution in [3.63, 3.8) is 0 Å². The summed E-state index contributed by atoms with van der Waals surface area (Å²) in [5.41, 5.74) is 9.16. The van der Waals surface area contributed by atoms with Gasteiger partial charge in [0, 0.05) is 30.4 Å². The van der Waals surface area contributed by atoms with Crippen molar-refractivity contribution in [1.82, 2.24) is 0 Å². The Kier molecular flexibility index (Phi) is 5.34. The third-order valence-corrected chi connectivity index (χ3v) is 3.80. The number of hydrogen-bond donors (Lipinski definition) is 1. The summed E-state index contributed by atoms with van der Waals surface area (Å²) in [5, 5.41) is 0. The fourth-order valence-corrected chi connectivity index (χ4v) is 2.45. The second-order valence-corrected chi connectivity index (χ2v) is 5.33. The van der Waals surface area contributed by atoms with Gasteiger partial charge in [-0.15, -0.1) is 0 Å². The number of rotatable bonds is 6. The summed E-state index contributed by atoms with van der Waals surface area (Å²) in [6.07, 6.45) is 0.725. The quantitative estimate of drug-likeness (QED) is 0.868. The molecule has 2 aromatic rings. The lowest BCUT2D eigenvalue weighted by Crippen LogP contribution is -2.27. The highest BCUT2D eigenvalue weighted by Gasteiger charge is 2.12. The summed E-state index contributed by atoms with van der Waals surface area (Å²) < 4.78 is 13.7. The monoisotopic (exact) mass is 286 g/mol. The first kappa shape index (κ1) is 15.5. The van der Waals surface area contributed by atoms with Gasteiger partial charge in [-0.05, 0) is 38.5 Å². The Labute approximate surface area is 126 Å². The molecule has 2 rings (SSSR count). The third kappa shape index (κ3) is 4.05. The second kappa shape index (κ2) is 7.23. The van der Waals surface area contributed by atoms with E-state index >= 15 is 0 Å². The Hall–Kier alpha value is -1.87. The first-order chi connectivity index (χ1) is 10.1. The summed E-state index contributed by atoms with van der Waals surface area (Å²) in [7, 11) is 0. The molecule has 1 unspecified atom stereocenters. The van der Waals surface area contributed by atoms with E-state index < -0.39 is 0 Å². The SMILES string of the molecule is CCN(CCC(N)c1ccccc1F)c1ccc(C)cc1. The van der Waals surface area contributed by atoms with Gasteiger partial charge in [0.05, 0.1) is 0 Å². The van der Waals surface area contributed by atoms with Gasteiger partial charge in [0.2, 0.25) is 0 Å². The highest BCUT2D eigenvalue weighted by molar-refractivity contribution is 5.47. The zero-order valence-electron chi connectivity index (χ0n) is 12.7. The van der Waals surface area contributed by atoms with Crippen molar-refractivity contribution in [3.8, 4) is 0 Å². The molecule has 3 heteroatoms. The van der Waals surface area contributed by atoms with E-state index in [-0.39, 0.29) is 11.9 Å². The molecule has 0 aliphatic carbocycles. The van der Waals surface area contributed by atoms with Crippen molar-refractivity contribution < 1.29 is 4.39 Å². The number of halogens is 1. The van der Waals surface area contributed by atoms with Gasteiger partial charge in [0.1, 0.15) is 5.82 Å². The van der Waals surface area contributed by atoms with Crippen LogP contribution in [-0.2, 0) is 0 Å². The van der Waals surface area contributed by atoms with Gasteiger partial charge in [0.25, 0.3) is 0 Å². The number of nitrogens with zero attached hydrogens (tertiary/aromatic N) is 1. The van der Waals surface area contributed by atoms with E-state index in [2.05, 4.69) is 43.0 Å². The van der Waals surface area contributed by atoms with Gasteiger partial charge in [-0.1, -0.05) is 35.9 Å². The molecule has 0 spiro atoms. The van der Waals surface area contributed by atoms with Gasteiger partial charge < -0.3 is 10.6 Å². The number of anilines is 1. The molecule has 0 aromatic heterocycles. The summed E-state index contributed by atoms with van der Waals surface area (Å²) in [5.74, 6) is -0.219. The Morgan fingerprint density at radius 3 is 2.38 bits per heavy atom. The van der Waals surface area contributed by atoms with Crippen molar-refractivity contribution >= 4 is 5.69 Å². The van der Waals surface area contributed by atoms with E-state index in [1.807, 2.05) is 6.07 Å². The van der Waals surface area contributed by atoms with Crippen LogP contribution in [0.15, 0.2) is 48.5 Å². The Bertz CT molecular complexity index is 566. The smallest absolute Gasteiger partial charge is 0.127 e. The lowest BCUT2D eigenvalue weighted by molar-refractivity contribution is 0.560. The van der Waals surface area contributed by atoms with E-state index in [4.69, 9.17) is 5.73 Å². The Balaban J connectivity index is 2.00. The molecule has 1 atom stereocenters. The fourth-order valence-electron chi connectivity index (χ4n) is 2.45. The van der Waals surface area contributed by atoms with Crippen LogP contribution in [-0.4, -0.2) is 13.1 Å². The topological polar surface area (TPSA) is 29.3 Å². The maximum Gasteiger partial charge on any atom is 0.127 e. The van der Waals surface area contributed by atoms with Crippen LogP contribution >= 0.6 is 0 Å². The minimum absolute atomic E-state index is 0.219. The third-order valence-electron chi connectivity index (χ3n) is 3.80. The molecule has 2 nitrogen and oxygen atoms in total. The van der Waals surface area contributed by atoms with Crippen LogP contribution in [0.2, 0.25) is 0 Å². The molecule has 0 aliphatic rings. The maximum absolute atomic E-state index is 13.7. The predicted octanol–water partition coefficient (Wildman–Crippen LogP) is 4.05. The van der Waals surface area contributed by atoms with Crippen LogP contribution in [0.5, 0.6) is 0 Å². The first-order valence-electron chi connectivity index (χ1n) is 7.43. The molecule has 0 radical (unpaired) electrons. The molecular formula is C18H23FN2. The lowest BCUT2D eigenvalue weighted by atomic mass is 10.0. The number of nitrogens with two attached hydrogens (primary N) is 1. The highest BCUT2D eigenvalue weighted by atomic mass is 19.1. The van der Waals surface area contributed by atoms with Gasteiger partial charge >= 0.3 is 0 Å². The molecule has 2 aromatic carbocycles. The van der Waals surface area contributed by atoms with Crippen LogP contribution in [0.4, 0.5) is 10.1 Å². The standard InChI is InChI=1S/C18H23FN2/c1-3-21(15-10-8-14(2)9-11-15)13-12-18(20)16-6-4-5-7-17(16)19/h4-11,18H,3,12-13,20H2,1-2H3. The second-order valence-electron chi connectivity index (χ2n) is 5.33. The molecule has 0 saturated carbocycles. The Morgan fingerprint density at radius 2 is 1.76 bits per heavy atom. The number of benzene rings is 2. The van der Waals surface area contributed by atoms with Crippen molar-refractivity contribution in [1.29, 1.82) is 0 Å². The van der Waals surface area contributed by atoms with E-state index in [9.17, 15) is 4.39 Å². The van der Waals surface area contributed by atoms with Crippen LogP contribution in [0.25, 0.3) is 0 Å². The van der Waals surface area contributed by atoms with E-state index in [0.29, 0.717) is 5.56 Å². The van der Waals surface area contributed by atoms with Crippen molar-refractivity contribution in [2.75, 3.05) is 18.0 Å². The Morgan fingerprint density at radius 1 is 1.10 bits per heavy atom. The predicted molar refractivity (Wildman–Crippen MR) is 87.0 cm³/mol. The molecule has 0 bridgehead atoms. The normalized spacial score (nSPS) is 12.2. The van der Waals surface area contributed by atoms with Crippen molar-refractivity contribution in [2.45, 2.75) is 26.3 Å². The minimum atomic E-state index is -0.273. The molecular weight excluding hydrogens is 263 g/mol. The molecule has 0 amide bonds. The average Bonchev–Trinajstić information content (AvgIpc) is 2.49. The molecule has 0 saturated heterocycles. The van der Waals surface area contributed by atoms with Crippen LogP contribution in [0.3, 0.4) is 0 Å². The highest BCUT2D eigenvalue weighted by Crippen LogP contribution is 2.20. The maximum atomic E-state index is 13.7. The zero-order valence-corrected chi connectivity index (χ0v) is 12.7. The van der Waals surface area contributed by atoms with Crippen LogP contribution < -0.4 is 10.6 Å². The van der Waals surface area contributed by atoms with Crippen molar-refractivity contribution in [3.05, 3.63) is 65.5 Å². The molecule has 0 aliphatic heterocycles. The first-order valence-corrected chi connectivity index (χ1v) is 7.43. The zero-order chi connectivity index (χ0) is 15.2. The largest absolute Gasteiger partial charge is 0.372 e. The van der Waals surface area contributed by atoms with Crippen LogP contribution in [0, 0.1) is 12.7 Å². The van der Waals surface area contributed by atoms with Gasteiger partial charge in [-0.25, -0.2) is 4.39 Å². The summed E-state index contributed by atoms with van der Waals surface area (Å²) in [6, 6.07) is 14.9. The summed E-state index contributed by atoms with van der Waals surface area (Å²) in [4.78, 5) is 2.26. The molecule has 0 heterocycles.